The van der Waals surface area contributed by atoms with Gasteiger partial charge in [-0.2, -0.15) is 4.98 Å². The number of nitrogen functional groups attached to an aromatic ring is 1. The van der Waals surface area contributed by atoms with Crippen LogP contribution in [0.15, 0.2) is 32.8 Å². The standard InChI is InChI=1S/C21H28ClN5O3S/c1-12-17(23)21(11-30-12)7-9-27(10-8-21)20-25-18(24)16(19(28)26(20)2)31-14-6-4-5-13(29-3)15(14)22/h4-6,12,17H,7-11,23-24H2,1-3H3/t12-,17+/m0/s1. The summed E-state index contributed by atoms with van der Waals surface area (Å²) < 4.78 is 12.6. The Morgan fingerprint density at radius 1 is 1.35 bits per heavy atom. The van der Waals surface area contributed by atoms with Gasteiger partial charge in [-0.25, -0.2) is 0 Å². The van der Waals surface area contributed by atoms with Crippen molar-refractivity contribution in [3.05, 3.63) is 33.6 Å². The van der Waals surface area contributed by atoms with Gasteiger partial charge in [-0.05, 0) is 31.9 Å². The first-order valence-electron chi connectivity index (χ1n) is 10.3. The molecule has 10 heteroatoms. The molecule has 1 aromatic carbocycles. The van der Waals surface area contributed by atoms with Crippen LogP contribution in [0.1, 0.15) is 19.8 Å². The molecule has 2 aromatic rings. The average molecular weight is 466 g/mol. The zero-order chi connectivity index (χ0) is 22.3. The molecule has 1 aromatic heterocycles. The number of anilines is 2. The van der Waals surface area contributed by atoms with E-state index in [4.69, 9.17) is 32.5 Å². The van der Waals surface area contributed by atoms with Gasteiger partial charge in [0.2, 0.25) is 5.95 Å². The van der Waals surface area contributed by atoms with Crippen molar-refractivity contribution in [2.24, 2.45) is 18.2 Å². The van der Waals surface area contributed by atoms with E-state index < -0.39 is 0 Å². The first kappa shape index (κ1) is 22.3. The number of rotatable bonds is 4. The van der Waals surface area contributed by atoms with Gasteiger partial charge in [-0.15, -0.1) is 0 Å². The molecule has 0 unspecified atom stereocenters. The highest BCUT2D eigenvalue weighted by Gasteiger charge is 2.47. The molecule has 4 N–H and O–H groups in total. The van der Waals surface area contributed by atoms with Gasteiger partial charge in [-0.1, -0.05) is 29.4 Å². The van der Waals surface area contributed by atoms with Gasteiger partial charge in [0.15, 0.2) is 0 Å². The maximum absolute atomic E-state index is 13.1. The topological polar surface area (TPSA) is 109 Å². The van der Waals surface area contributed by atoms with Crippen LogP contribution in [0.4, 0.5) is 11.8 Å². The molecule has 2 aliphatic heterocycles. The van der Waals surface area contributed by atoms with E-state index in [1.165, 1.54) is 11.8 Å². The molecule has 168 valence electrons. The molecule has 31 heavy (non-hydrogen) atoms. The highest BCUT2D eigenvalue weighted by atomic mass is 35.5. The van der Waals surface area contributed by atoms with Crippen molar-refractivity contribution in [3.63, 3.8) is 0 Å². The number of aromatic nitrogens is 2. The van der Waals surface area contributed by atoms with Gasteiger partial charge in [-0.3, -0.25) is 9.36 Å². The lowest BCUT2D eigenvalue weighted by atomic mass is 9.73. The first-order valence-corrected chi connectivity index (χ1v) is 11.5. The van der Waals surface area contributed by atoms with Gasteiger partial charge >= 0.3 is 0 Å². The Morgan fingerprint density at radius 3 is 2.68 bits per heavy atom. The Hall–Kier alpha value is -1.94. The van der Waals surface area contributed by atoms with Crippen molar-refractivity contribution in [1.82, 2.24) is 9.55 Å². The van der Waals surface area contributed by atoms with E-state index in [2.05, 4.69) is 9.88 Å². The van der Waals surface area contributed by atoms with Gasteiger partial charge in [0.1, 0.15) is 16.5 Å². The third-order valence-electron chi connectivity index (χ3n) is 6.50. The van der Waals surface area contributed by atoms with Gasteiger partial charge in [0.05, 0.1) is 24.8 Å². The summed E-state index contributed by atoms with van der Waals surface area (Å²) in [5.74, 6) is 1.30. The maximum Gasteiger partial charge on any atom is 0.270 e. The summed E-state index contributed by atoms with van der Waals surface area (Å²) in [4.78, 5) is 20.9. The molecule has 2 fully saturated rings. The second-order valence-corrected chi connectivity index (χ2v) is 9.69. The fraction of sp³-hybridized carbons (Fsp3) is 0.524. The van der Waals surface area contributed by atoms with Gasteiger partial charge in [0, 0.05) is 36.5 Å². The minimum Gasteiger partial charge on any atom is -0.495 e. The summed E-state index contributed by atoms with van der Waals surface area (Å²) in [5, 5.41) is 0.436. The van der Waals surface area contributed by atoms with Crippen LogP contribution in [0.3, 0.4) is 0 Å². The average Bonchev–Trinajstić information content (AvgIpc) is 3.04. The van der Waals surface area contributed by atoms with Gasteiger partial charge in [0.25, 0.3) is 5.56 Å². The Bertz CT molecular complexity index is 1040. The lowest BCUT2D eigenvalue weighted by molar-refractivity contribution is 0.0973. The van der Waals surface area contributed by atoms with E-state index in [-0.39, 0.29) is 28.9 Å². The Balaban J connectivity index is 1.58. The van der Waals surface area contributed by atoms with Crippen LogP contribution in [0.5, 0.6) is 5.75 Å². The van der Waals surface area contributed by atoms with Crippen LogP contribution in [0.25, 0.3) is 0 Å². The van der Waals surface area contributed by atoms with E-state index in [1.807, 2.05) is 19.1 Å². The number of benzene rings is 1. The SMILES string of the molecule is COc1cccc(Sc2c(N)nc(N3CCC4(CC3)CO[C@@H](C)[C@H]4N)n(C)c2=O)c1Cl. The molecule has 2 saturated heterocycles. The molecule has 3 heterocycles. The monoisotopic (exact) mass is 465 g/mol. The highest BCUT2D eigenvalue weighted by molar-refractivity contribution is 7.99. The molecule has 0 saturated carbocycles. The predicted molar refractivity (Wildman–Crippen MR) is 123 cm³/mol. The molecule has 2 aliphatic rings. The molecule has 4 rings (SSSR count). The van der Waals surface area contributed by atoms with Crippen LogP contribution in [0, 0.1) is 5.41 Å². The molecular formula is C21H28ClN5O3S. The lowest BCUT2D eigenvalue weighted by Crippen LogP contribution is -2.51. The van der Waals surface area contributed by atoms with Crippen LogP contribution in [-0.4, -0.2) is 48.5 Å². The van der Waals surface area contributed by atoms with Crippen molar-refractivity contribution >= 4 is 35.1 Å². The normalized spacial score (nSPS) is 22.8. The van der Waals surface area contributed by atoms with Crippen molar-refractivity contribution in [2.75, 3.05) is 37.4 Å². The quantitative estimate of drug-likeness (QED) is 0.708. The molecule has 1 spiro atoms. The Kier molecular flexibility index (Phi) is 6.13. The minimum absolute atomic E-state index is 0.000760. The number of halogens is 1. The number of nitrogens with zero attached hydrogens (tertiary/aromatic N) is 3. The molecule has 0 radical (unpaired) electrons. The number of piperidine rings is 1. The first-order chi connectivity index (χ1) is 14.8. The summed E-state index contributed by atoms with van der Waals surface area (Å²) in [5.41, 5.74) is 12.4. The van der Waals surface area contributed by atoms with Crippen LogP contribution < -0.4 is 26.7 Å². The fourth-order valence-electron chi connectivity index (χ4n) is 4.43. The number of hydrogen-bond donors (Lipinski definition) is 2. The van der Waals surface area contributed by atoms with Crippen molar-refractivity contribution in [3.8, 4) is 5.75 Å². The fourth-order valence-corrected chi connectivity index (χ4v) is 5.68. The van der Waals surface area contributed by atoms with E-state index in [9.17, 15) is 4.79 Å². The third kappa shape index (κ3) is 3.88. The molecule has 0 aliphatic carbocycles. The summed E-state index contributed by atoms with van der Waals surface area (Å²) in [6.45, 7) is 4.21. The van der Waals surface area contributed by atoms with Crippen molar-refractivity contribution in [1.29, 1.82) is 0 Å². The zero-order valence-electron chi connectivity index (χ0n) is 17.9. The van der Waals surface area contributed by atoms with Crippen molar-refractivity contribution < 1.29 is 9.47 Å². The lowest BCUT2D eigenvalue weighted by Gasteiger charge is -2.41. The van der Waals surface area contributed by atoms with Crippen molar-refractivity contribution in [2.45, 2.75) is 41.7 Å². The summed E-state index contributed by atoms with van der Waals surface area (Å²) in [6.07, 6.45) is 1.86. The van der Waals surface area contributed by atoms with E-state index >= 15 is 0 Å². The summed E-state index contributed by atoms with van der Waals surface area (Å²) in [7, 11) is 3.27. The van der Waals surface area contributed by atoms with Crippen LogP contribution >= 0.6 is 23.4 Å². The molecule has 0 bridgehead atoms. The van der Waals surface area contributed by atoms with E-state index in [0.29, 0.717) is 33.1 Å². The summed E-state index contributed by atoms with van der Waals surface area (Å²) >= 11 is 7.59. The molecule has 0 amide bonds. The number of nitrogens with two attached hydrogens (primary N) is 2. The maximum atomic E-state index is 13.1. The van der Waals surface area contributed by atoms with Gasteiger partial charge < -0.3 is 25.8 Å². The number of ether oxygens (including phenoxy) is 2. The predicted octanol–water partition coefficient (Wildman–Crippen LogP) is 2.51. The highest BCUT2D eigenvalue weighted by Crippen LogP contribution is 2.42. The van der Waals surface area contributed by atoms with E-state index in [0.717, 1.165) is 25.9 Å². The second kappa shape index (κ2) is 8.54. The second-order valence-electron chi connectivity index (χ2n) is 8.26. The largest absolute Gasteiger partial charge is 0.495 e. The van der Waals surface area contributed by atoms with Crippen LogP contribution in [-0.2, 0) is 11.8 Å². The Labute approximate surface area is 190 Å². The van der Waals surface area contributed by atoms with Crippen LogP contribution in [0.2, 0.25) is 5.02 Å². The number of methoxy groups -OCH3 is 1. The minimum atomic E-state index is -0.207. The zero-order valence-corrected chi connectivity index (χ0v) is 19.5. The molecule has 2 atom stereocenters. The van der Waals surface area contributed by atoms with E-state index in [1.54, 1.807) is 24.8 Å². The Morgan fingerprint density at radius 2 is 2.06 bits per heavy atom. The third-order valence-corrected chi connectivity index (χ3v) is 8.15. The number of hydrogen-bond acceptors (Lipinski definition) is 8. The summed E-state index contributed by atoms with van der Waals surface area (Å²) in [6, 6.07) is 5.43. The smallest absolute Gasteiger partial charge is 0.270 e. The molecule has 8 nitrogen and oxygen atoms in total. The molecular weight excluding hydrogens is 438 g/mol.